The number of carbonyl (C=O) groups excluding carboxylic acids is 4. The van der Waals surface area contributed by atoms with Crippen LogP contribution in [0.1, 0.15) is 64.0 Å². The molecule has 11 nitrogen and oxygen atoms in total. The molecule has 2 aromatic carbocycles. The average Bonchev–Trinajstić information content (AvgIpc) is 3.35. The van der Waals surface area contributed by atoms with Crippen molar-refractivity contribution in [2.75, 3.05) is 34.8 Å². The molecule has 4 amide bonds. The van der Waals surface area contributed by atoms with Crippen molar-refractivity contribution in [1.82, 2.24) is 20.0 Å². The molecule has 0 bridgehead atoms. The van der Waals surface area contributed by atoms with Crippen LogP contribution in [0.3, 0.4) is 0 Å². The van der Waals surface area contributed by atoms with Crippen LogP contribution in [-0.4, -0.2) is 103 Å². The highest BCUT2D eigenvalue weighted by atomic mass is 16.5. The van der Waals surface area contributed by atoms with Gasteiger partial charge in [0.2, 0.25) is 17.7 Å². The van der Waals surface area contributed by atoms with E-state index in [1.165, 1.54) is 38.0 Å². The summed E-state index contributed by atoms with van der Waals surface area (Å²) in [5.74, 6) is -3.26. The minimum absolute atomic E-state index is 0.0165. The summed E-state index contributed by atoms with van der Waals surface area (Å²) in [5.41, 5.74) is 4.34. The molecule has 0 unspecified atom stereocenters. The first-order chi connectivity index (χ1) is 21.7. The maximum absolute atomic E-state index is 14.0. The fourth-order valence-corrected chi connectivity index (χ4v) is 5.94. The quantitative estimate of drug-likeness (QED) is 0.317. The van der Waals surface area contributed by atoms with Gasteiger partial charge in [0.25, 0.3) is 0 Å². The van der Waals surface area contributed by atoms with Gasteiger partial charge in [0.15, 0.2) is 0 Å². The van der Waals surface area contributed by atoms with Crippen LogP contribution in [0.25, 0.3) is 11.1 Å². The number of ether oxygens (including phenoxy) is 1. The van der Waals surface area contributed by atoms with Gasteiger partial charge < -0.3 is 29.9 Å². The lowest BCUT2D eigenvalue weighted by atomic mass is 9.95. The van der Waals surface area contributed by atoms with Crippen molar-refractivity contribution >= 4 is 29.8 Å². The molecule has 0 radical (unpaired) electrons. The van der Waals surface area contributed by atoms with Gasteiger partial charge in [-0.3, -0.25) is 19.2 Å². The number of likely N-dealkylation sites (N-methyl/N-ethyl adjacent to an activating group) is 3. The Morgan fingerprint density at radius 3 is 1.80 bits per heavy atom. The number of rotatable bonds is 14. The molecule has 0 saturated carbocycles. The SMILES string of the molecule is CC[C@H](C)[C@H](NC(=O)OCC1c2ccccc2-c2ccccc21)C(=O)N(C)[C@H](CC(C)C)C(=O)N(C)[C@@H](CC(=O)O)C(=O)N(C)C. The van der Waals surface area contributed by atoms with E-state index >= 15 is 0 Å². The first-order valence-electron chi connectivity index (χ1n) is 15.8. The maximum atomic E-state index is 14.0. The first kappa shape index (κ1) is 36.1. The first-order valence-corrected chi connectivity index (χ1v) is 15.8. The molecule has 250 valence electrons. The number of aliphatic carboxylic acids is 1. The van der Waals surface area contributed by atoms with Crippen molar-refractivity contribution in [3.05, 3.63) is 59.7 Å². The Bertz CT molecular complexity index is 1380. The molecule has 11 heteroatoms. The molecule has 0 aromatic heterocycles. The number of alkyl carbamates (subject to hydrolysis) is 1. The van der Waals surface area contributed by atoms with Crippen LogP contribution in [0.2, 0.25) is 0 Å². The van der Waals surface area contributed by atoms with Crippen LogP contribution in [0, 0.1) is 11.8 Å². The van der Waals surface area contributed by atoms with Gasteiger partial charge in [-0.15, -0.1) is 0 Å². The van der Waals surface area contributed by atoms with E-state index in [1.54, 1.807) is 0 Å². The van der Waals surface area contributed by atoms with E-state index in [0.717, 1.165) is 27.2 Å². The third kappa shape index (κ3) is 8.24. The van der Waals surface area contributed by atoms with E-state index in [1.807, 2.05) is 76.2 Å². The normalized spacial score (nSPS) is 14.7. The predicted molar refractivity (Wildman–Crippen MR) is 175 cm³/mol. The molecule has 0 fully saturated rings. The molecule has 0 saturated heterocycles. The summed E-state index contributed by atoms with van der Waals surface area (Å²) in [6.07, 6.45) is -0.492. The van der Waals surface area contributed by atoms with Crippen LogP contribution in [0.5, 0.6) is 0 Å². The molecule has 2 N–H and O–H groups in total. The number of benzene rings is 2. The van der Waals surface area contributed by atoms with Gasteiger partial charge in [-0.1, -0.05) is 82.6 Å². The lowest BCUT2D eigenvalue weighted by Gasteiger charge is -2.37. The van der Waals surface area contributed by atoms with Crippen molar-refractivity contribution in [3.8, 4) is 11.1 Å². The number of nitrogens with zero attached hydrogens (tertiary/aromatic N) is 3. The second kappa shape index (κ2) is 15.7. The van der Waals surface area contributed by atoms with Crippen molar-refractivity contribution < 1.29 is 33.8 Å². The number of carboxylic acids is 1. The van der Waals surface area contributed by atoms with Crippen molar-refractivity contribution in [3.63, 3.8) is 0 Å². The summed E-state index contributed by atoms with van der Waals surface area (Å²) in [7, 11) is 5.85. The van der Waals surface area contributed by atoms with E-state index in [9.17, 15) is 29.1 Å². The number of carbonyl (C=O) groups is 5. The zero-order valence-corrected chi connectivity index (χ0v) is 28.1. The smallest absolute Gasteiger partial charge is 0.407 e. The number of fused-ring (bicyclic) bond motifs is 3. The maximum Gasteiger partial charge on any atom is 0.407 e. The molecule has 0 heterocycles. The van der Waals surface area contributed by atoms with Crippen LogP contribution >= 0.6 is 0 Å². The van der Waals surface area contributed by atoms with E-state index in [4.69, 9.17) is 4.74 Å². The third-order valence-corrected chi connectivity index (χ3v) is 8.80. The molecular formula is C35H48N4O7. The zero-order chi connectivity index (χ0) is 34.3. The van der Waals surface area contributed by atoms with Crippen molar-refractivity contribution in [2.24, 2.45) is 11.8 Å². The van der Waals surface area contributed by atoms with Gasteiger partial charge in [0, 0.05) is 34.1 Å². The van der Waals surface area contributed by atoms with Crippen LogP contribution in [0.4, 0.5) is 4.79 Å². The molecular weight excluding hydrogens is 588 g/mol. The second-order valence-electron chi connectivity index (χ2n) is 12.7. The minimum atomic E-state index is -1.25. The van der Waals surface area contributed by atoms with Gasteiger partial charge in [-0.2, -0.15) is 0 Å². The topological polar surface area (TPSA) is 137 Å². The van der Waals surface area contributed by atoms with Crippen molar-refractivity contribution in [2.45, 2.75) is 71.0 Å². The Kier molecular flexibility index (Phi) is 12.3. The summed E-state index contributed by atoms with van der Waals surface area (Å²) in [6.45, 7) is 7.63. The zero-order valence-electron chi connectivity index (χ0n) is 28.1. The average molecular weight is 637 g/mol. The van der Waals surface area contributed by atoms with Gasteiger partial charge in [-0.25, -0.2) is 4.79 Å². The highest BCUT2D eigenvalue weighted by molar-refractivity contribution is 5.95. The number of nitrogens with one attached hydrogen (secondary N) is 1. The van der Waals surface area contributed by atoms with Gasteiger partial charge in [0.05, 0.1) is 6.42 Å². The fraction of sp³-hybridized carbons (Fsp3) is 0.514. The minimum Gasteiger partial charge on any atom is -0.481 e. The van der Waals surface area contributed by atoms with E-state index in [-0.39, 0.29) is 30.8 Å². The summed E-state index contributed by atoms with van der Waals surface area (Å²) in [5, 5.41) is 12.2. The third-order valence-electron chi connectivity index (χ3n) is 8.80. The largest absolute Gasteiger partial charge is 0.481 e. The van der Waals surface area contributed by atoms with E-state index < -0.39 is 54.3 Å². The Balaban J connectivity index is 1.80. The Labute approximate surface area is 271 Å². The highest BCUT2D eigenvalue weighted by Crippen LogP contribution is 2.44. The van der Waals surface area contributed by atoms with Gasteiger partial charge in [-0.05, 0) is 40.5 Å². The van der Waals surface area contributed by atoms with Crippen LogP contribution in [0.15, 0.2) is 48.5 Å². The molecule has 0 aliphatic heterocycles. The van der Waals surface area contributed by atoms with Crippen molar-refractivity contribution in [1.29, 1.82) is 0 Å². The standard InChI is InChI=1S/C35H48N4O7/c1-9-22(4)31(36-35(45)46-20-27-25-16-12-10-14-23(25)24-15-11-13-17-26(24)27)34(44)39(8)28(18-21(2)3)33(43)38(7)29(19-30(40)41)32(42)37(5)6/h10-17,21-22,27-29,31H,9,18-20H2,1-8H3,(H,36,45)(H,40,41)/t22-,28+,29-,31-/m0/s1. The molecule has 2 aromatic rings. The van der Waals surface area contributed by atoms with Gasteiger partial charge in [0.1, 0.15) is 24.7 Å². The molecule has 1 aliphatic carbocycles. The Hall–Kier alpha value is -4.41. The number of hydrogen-bond donors (Lipinski definition) is 2. The number of amides is 4. The second-order valence-corrected chi connectivity index (χ2v) is 12.7. The lowest BCUT2D eigenvalue weighted by molar-refractivity contribution is -0.153. The molecule has 0 spiro atoms. The lowest BCUT2D eigenvalue weighted by Crippen LogP contribution is -2.59. The molecule has 3 rings (SSSR count). The highest BCUT2D eigenvalue weighted by Gasteiger charge is 2.39. The summed E-state index contributed by atoms with van der Waals surface area (Å²) < 4.78 is 5.73. The molecule has 4 atom stereocenters. The summed E-state index contributed by atoms with van der Waals surface area (Å²) >= 11 is 0. The monoisotopic (exact) mass is 636 g/mol. The Morgan fingerprint density at radius 1 is 0.804 bits per heavy atom. The van der Waals surface area contributed by atoms with Crippen LogP contribution < -0.4 is 5.32 Å². The van der Waals surface area contributed by atoms with E-state index in [2.05, 4.69) is 5.32 Å². The predicted octanol–water partition coefficient (Wildman–Crippen LogP) is 4.20. The number of hydrogen-bond acceptors (Lipinski definition) is 6. The fourth-order valence-electron chi connectivity index (χ4n) is 5.94. The molecule has 1 aliphatic rings. The Morgan fingerprint density at radius 2 is 1.33 bits per heavy atom. The molecule has 46 heavy (non-hydrogen) atoms. The summed E-state index contributed by atoms with van der Waals surface area (Å²) in [4.78, 5) is 69.2. The van der Waals surface area contributed by atoms with Gasteiger partial charge >= 0.3 is 12.1 Å². The van der Waals surface area contributed by atoms with Crippen LogP contribution in [-0.2, 0) is 23.9 Å². The summed E-state index contributed by atoms with van der Waals surface area (Å²) in [6, 6.07) is 12.8. The van der Waals surface area contributed by atoms with E-state index in [0.29, 0.717) is 6.42 Å². The number of carboxylic acid groups (broad SMARTS) is 1.